The molecule has 0 bridgehead atoms. The van der Waals surface area contributed by atoms with Crippen LogP contribution in [0.1, 0.15) is 0 Å². The largest absolute Gasteiger partial charge is 3.00 e. The van der Waals surface area contributed by atoms with Gasteiger partial charge < -0.3 is 29.4 Å². The van der Waals surface area contributed by atoms with E-state index >= 15 is 0 Å². The van der Waals surface area contributed by atoms with Crippen LogP contribution in [0.5, 0.6) is 0 Å². The smallest absolute Gasteiger partial charge is 1.00 e. The summed E-state index contributed by atoms with van der Waals surface area (Å²) in [5.41, 5.74) is 0. The molecule has 12 rings (SSSR count). The van der Waals surface area contributed by atoms with Gasteiger partial charge in [-0.2, -0.15) is 70.1 Å². The molecule has 0 nitrogen and oxygen atoms in total. The Labute approximate surface area is 451 Å². The number of fused-ring (bicyclic) bond motifs is 4. The van der Waals surface area contributed by atoms with E-state index < -0.39 is 0 Å². The minimum absolute atomic E-state index is 0. The van der Waals surface area contributed by atoms with Crippen molar-refractivity contribution < 1.29 is 81.8 Å². The Morgan fingerprint density at radius 3 is 0.606 bits per heavy atom. The summed E-state index contributed by atoms with van der Waals surface area (Å²) in [6.45, 7) is 0. The predicted octanol–water partition coefficient (Wildman–Crippen LogP) is 6.92. The van der Waals surface area contributed by atoms with Crippen LogP contribution in [0, 0.1) is 0 Å². The van der Waals surface area contributed by atoms with Gasteiger partial charge >= 0.3 is 52.4 Å². The maximum Gasteiger partial charge on any atom is 3.00 e. The Balaban J connectivity index is 0.000000209. The zero-order valence-electron chi connectivity index (χ0n) is 36.5. The van der Waals surface area contributed by atoms with Crippen molar-refractivity contribution in [2.75, 3.05) is 0 Å². The average molecular weight is 1120 g/mol. The normalized spacial score (nSPS) is 9.45. The Morgan fingerprint density at radius 2 is 0.409 bits per heavy atom. The summed E-state index contributed by atoms with van der Waals surface area (Å²) in [5.74, 6) is 0. The summed E-state index contributed by atoms with van der Waals surface area (Å²) >= 11 is 0. The third-order valence-corrected chi connectivity index (χ3v) is 12.4. The molecule has 0 saturated heterocycles. The standard InChI is InChI=1S/2C12H10Si.4C9H7.BrH.ClH.2Zr/c2*1-3-7-11(8-4-1)13-12-9-5-2-6-10-12;4*1-2-5-9-7-3-6-8(9)4-1;;;;/h2*1-10H;4*1-7H;2*1H;;/q;;4*-1;;;2*+3/p-2. The topological polar surface area (TPSA) is 0 Å². The van der Waals surface area contributed by atoms with Gasteiger partial charge in [0.15, 0.2) is 0 Å². The van der Waals surface area contributed by atoms with Crippen LogP contribution in [-0.2, 0) is 52.4 Å². The van der Waals surface area contributed by atoms with E-state index in [0.29, 0.717) is 0 Å². The molecule has 0 aliphatic carbocycles. The Kier molecular flexibility index (Phi) is 26.9. The van der Waals surface area contributed by atoms with Crippen LogP contribution in [0.25, 0.3) is 43.1 Å². The van der Waals surface area contributed by atoms with Crippen LogP contribution in [0.3, 0.4) is 0 Å². The van der Waals surface area contributed by atoms with E-state index in [2.05, 4.69) is 291 Å². The molecule has 6 heteroatoms. The summed E-state index contributed by atoms with van der Waals surface area (Å²) in [6, 6.07) is 101. The SMILES string of the molecule is [Br-].[Cl-].[Zr+3].[Zr+3].c1ccc([Si]c2ccccc2)cc1.c1ccc([Si]c2ccccc2)cc1.c1ccc2[cH-]ccc2c1.c1ccc2[cH-]ccc2c1.c1ccc2[cH-]ccc2c1.c1ccc2[cH-]ccc2c1. The van der Waals surface area contributed by atoms with E-state index in [1.54, 1.807) is 0 Å². The van der Waals surface area contributed by atoms with Crippen molar-refractivity contribution in [1.82, 2.24) is 0 Å². The molecule has 12 aromatic rings. The number of hydrogen-bond donors (Lipinski definition) is 0. The minimum Gasteiger partial charge on any atom is -1.00 e. The van der Waals surface area contributed by atoms with E-state index in [4.69, 9.17) is 0 Å². The van der Waals surface area contributed by atoms with E-state index in [0.717, 1.165) is 19.0 Å². The summed E-state index contributed by atoms with van der Waals surface area (Å²) in [4.78, 5) is 0. The molecule has 66 heavy (non-hydrogen) atoms. The third-order valence-electron chi connectivity index (χ3n) is 9.86. The molecule has 0 N–H and O–H groups in total. The maximum absolute atomic E-state index is 2.17. The number of benzene rings is 8. The number of halogens is 2. The molecule has 0 fully saturated rings. The molecule has 0 aliphatic rings. The second kappa shape index (κ2) is 32.0. The van der Waals surface area contributed by atoms with Gasteiger partial charge in [-0.3, -0.25) is 0 Å². The second-order valence-corrected chi connectivity index (χ2v) is 17.1. The first-order valence-corrected chi connectivity index (χ1v) is 22.9. The molecule has 0 spiro atoms. The zero-order chi connectivity index (χ0) is 42.3. The summed E-state index contributed by atoms with van der Waals surface area (Å²) in [5, 5.41) is 16.2. The molecular weight excluding hydrogens is 1070 g/mol. The van der Waals surface area contributed by atoms with Gasteiger partial charge in [0.2, 0.25) is 0 Å². The zero-order valence-corrected chi connectivity index (χ0v) is 45.7. The van der Waals surface area contributed by atoms with E-state index in [1.807, 2.05) is 0 Å². The van der Waals surface area contributed by atoms with Crippen molar-refractivity contribution >= 4 is 82.9 Å². The van der Waals surface area contributed by atoms with Gasteiger partial charge in [0.05, 0.1) is 0 Å². The molecule has 0 heterocycles. The molecule has 0 amide bonds. The van der Waals surface area contributed by atoms with Crippen molar-refractivity contribution in [3.8, 4) is 0 Å². The molecule has 0 aliphatic heterocycles. The van der Waals surface area contributed by atoms with Crippen molar-refractivity contribution in [3.63, 3.8) is 0 Å². The Bertz CT molecular complexity index is 2500. The monoisotopic (exact) mass is 1120 g/mol. The van der Waals surface area contributed by atoms with Crippen LogP contribution in [0.15, 0.2) is 291 Å². The molecule has 12 aromatic carbocycles. The molecule has 318 valence electrons. The van der Waals surface area contributed by atoms with Crippen molar-refractivity contribution in [2.24, 2.45) is 0 Å². The van der Waals surface area contributed by atoms with Gasteiger partial charge in [-0.25, -0.2) is 0 Å². The first-order chi connectivity index (χ1) is 30.8. The fourth-order valence-electron chi connectivity index (χ4n) is 6.70. The Morgan fingerprint density at radius 1 is 0.227 bits per heavy atom. The van der Waals surface area contributed by atoms with E-state index in [-0.39, 0.29) is 81.8 Å². The first-order valence-electron chi connectivity index (χ1n) is 20.9. The minimum atomic E-state index is 0. The fourth-order valence-corrected chi connectivity index (χ4v) is 8.80. The van der Waals surface area contributed by atoms with Crippen LogP contribution in [0.4, 0.5) is 0 Å². The first kappa shape index (κ1) is 55.5. The van der Waals surface area contributed by atoms with Crippen LogP contribution in [-0.4, -0.2) is 19.0 Å². The fraction of sp³-hybridized carbons (Fsp3) is 0. The van der Waals surface area contributed by atoms with Gasteiger partial charge in [0.25, 0.3) is 0 Å². The average Bonchev–Trinajstić information content (AvgIpc) is 4.20. The molecule has 0 aromatic heterocycles. The third kappa shape index (κ3) is 18.8. The number of rotatable bonds is 4. The predicted molar refractivity (Wildman–Crippen MR) is 274 cm³/mol. The van der Waals surface area contributed by atoms with E-state index in [1.165, 1.54) is 63.8 Å². The molecule has 0 unspecified atom stereocenters. The van der Waals surface area contributed by atoms with E-state index in [9.17, 15) is 0 Å². The van der Waals surface area contributed by atoms with Gasteiger partial charge in [-0.05, 0) is 0 Å². The molecular formula is C60H48BrClSi2Zr2. The van der Waals surface area contributed by atoms with Gasteiger partial charge in [0.1, 0.15) is 19.0 Å². The maximum atomic E-state index is 2.17. The molecule has 6 radical (unpaired) electrons. The van der Waals surface area contributed by atoms with Crippen LogP contribution >= 0.6 is 0 Å². The summed E-state index contributed by atoms with van der Waals surface area (Å²) in [6.07, 6.45) is 0. The molecule has 0 saturated carbocycles. The van der Waals surface area contributed by atoms with Gasteiger partial charge in [0, 0.05) is 0 Å². The van der Waals surface area contributed by atoms with Crippen molar-refractivity contribution in [2.45, 2.75) is 0 Å². The quantitative estimate of drug-likeness (QED) is 0.133. The number of hydrogen-bond acceptors (Lipinski definition) is 0. The van der Waals surface area contributed by atoms with Gasteiger partial charge in [-0.1, -0.05) is 166 Å². The van der Waals surface area contributed by atoms with Crippen molar-refractivity contribution in [3.05, 3.63) is 291 Å². The second-order valence-electron chi connectivity index (χ2n) is 14.3. The van der Waals surface area contributed by atoms with Gasteiger partial charge in [-0.15, -0.1) is 119 Å². The van der Waals surface area contributed by atoms with Crippen molar-refractivity contribution in [1.29, 1.82) is 0 Å². The summed E-state index contributed by atoms with van der Waals surface area (Å²) < 4.78 is 0. The van der Waals surface area contributed by atoms with Crippen LogP contribution in [0.2, 0.25) is 0 Å². The molecule has 0 atom stereocenters. The van der Waals surface area contributed by atoms with Crippen LogP contribution < -0.4 is 50.1 Å². The summed E-state index contributed by atoms with van der Waals surface area (Å²) in [7, 11) is 1.55. The Hall–Kier alpha value is -4.83.